The van der Waals surface area contributed by atoms with Crippen LogP contribution in [0.5, 0.6) is 0 Å². The molecule has 0 saturated heterocycles. The molecule has 0 spiro atoms. The van der Waals surface area contributed by atoms with Crippen LogP contribution in [0, 0.1) is 11.8 Å². The van der Waals surface area contributed by atoms with Crippen LogP contribution in [0.3, 0.4) is 0 Å². The molecule has 1 aliphatic carbocycles. The Hall–Kier alpha value is -0.580. The third-order valence-corrected chi connectivity index (χ3v) is 2.79. The summed E-state index contributed by atoms with van der Waals surface area (Å²) in [4.78, 5) is 10.3. The molecule has 1 N–H and O–H groups in total. The molecule has 5 heteroatoms. The summed E-state index contributed by atoms with van der Waals surface area (Å²) in [6.07, 6.45) is 1.65. The van der Waals surface area contributed by atoms with Crippen LogP contribution in [0.25, 0.3) is 0 Å². The van der Waals surface area contributed by atoms with Crippen LogP contribution in [0.4, 0.5) is 0 Å². The Balaban J connectivity index is 2.41. The van der Waals surface area contributed by atoms with Crippen LogP contribution in [0.2, 0.25) is 0 Å². The lowest BCUT2D eigenvalue weighted by Crippen LogP contribution is -2.09. The molecule has 0 bridgehead atoms. The monoisotopic (exact) mass is 178 g/mol. The molecular formula is C6H10O4S. The highest BCUT2D eigenvalue weighted by atomic mass is 32.2. The summed E-state index contributed by atoms with van der Waals surface area (Å²) >= 11 is 0. The first-order valence-electron chi connectivity index (χ1n) is 3.30. The average Bonchev–Trinajstić information content (AvgIpc) is 2.40. The molecule has 0 radical (unpaired) electrons. The molecule has 2 unspecified atom stereocenters. The topological polar surface area (TPSA) is 71.4 Å². The second kappa shape index (κ2) is 2.48. The lowest BCUT2D eigenvalue weighted by molar-refractivity contribution is -0.138. The van der Waals surface area contributed by atoms with Gasteiger partial charge in [0.1, 0.15) is 9.84 Å². The fraction of sp³-hybridized carbons (Fsp3) is 0.833. The van der Waals surface area contributed by atoms with Crippen molar-refractivity contribution in [3.8, 4) is 0 Å². The smallest absolute Gasteiger partial charge is 0.306 e. The van der Waals surface area contributed by atoms with E-state index in [1.807, 2.05) is 0 Å². The van der Waals surface area contributed by atoms with Gasteiger partial charge in [-0.2, -0.15) is 0 Å². The van der Waals surface area contributed by atoms with E-state index in [1.165, 1.54) is 0 Å². The van der Waals surface area contributed by atoms with E-state index < -0.39 is 21.7 Å². The summed E-state index contributed by atoms with van der Waals surface area (Å²) in [5, 5.41) is 8.43. The van der Waals surface area contributed by atoms with Gasteiger partial charge in [-0.25, -0.2) is 8.42 Å². The number of hydrogen-bond acceptors (Lipinski definition) is 3. The normalized spacial score (nSPS) is 29.9. The zero-order valence-corrected chi connectivity index (χ0v) is 6.97. The average molecular weight is 178 g/mol. The van der Waals surface area contributed by atoms with Crippen molar-refractivity contribution in [2.24, 2.45) is 11.8 Å². The van der Waals surface area contributed by atoms with Crippen molar-refractivity contribution in [1.82, 2.24) is 0 Å². The Morgan fingerprint density at radius 2 is 2.18 bits per heavy atom. The Morgan fingerprint density at radius 1 is 1.64 bits per heavy atom. The van der Waals surface area contributed by atoms with Crippen molar-refractivity contribution in [2.45, 2.75) is 6.42 Å². The third kappa shape index (κ3) is 2.49. The van der Waals surface area contributed by atoms with Crippen LogP contribution in [-0.4, -0.2) is 31.5 Å². The summed E-state index contributed by atoms with van der Waals surface area (Å²) in [7, 11) is -2.99. The highest BCUT2D eigenvalue weighted by Gasteiger charge is 2.44. The molecule has 0 aliphatic heterocycles. The zero-order chi connectivity index (χ0) is 8.65. The molecule has 0 amide bonds. The fourth-order valence-corrected chi connectivity index (χ4v) is 2.27. The zero-order valence-electron chi connectivity index (χ0n) is 6.15. The first kappa shape index (κ1) is 8.52. The van der Waals surface area contributed by atoms with Gasteiger partial charge in [-0.15, -0.1) is 0 Å². The van der Waals surface area contributed by atoms with E-state index in [4.69, 9.17) is 5.11 Å². The summed E-state index contributed by atoms with van der Waals surface area (Å²) in [6.45, 7) is 0. The van der Waals surface area contributed by atoms with Gasteiger partial charge in [0.25, 0.3) is 0 Å². The predicted molar refractivity (Wildman–Crippen MR) is 38.9 cm³/mol. The Kier molecular flexibility index (Phi) is 1.92. The quantitative estimate of drug-likeness (QED) is 0.647. The van der Waals surface area contributed by atoms with Crippen molar-refractivity contribution in [1.29, 1.82) is 0 Å². The number of rotatable bonds is 3. The molecule has 0 heterocycles. The maximum atomic E-state index is 10.7. The molecule has 0 aromatic heterocycles. The highest BCUT2D eigenvalue weighted by Crippen LogP contribution is 2.39. The van der Waals surface area contributed by atoms with E-state index in [1.54, 1.807) is 0 Å². The molecule has 0 aromatic rings. The summed E-state index contributed by atoms with van der Waals surface area (Å²) < 4.78 is 21.3. The second-order valence-electron chi connectivity index (χ2n) is 3.03. The Bertz CT molecular complexity index is 266. The molecule has 11 heavy (non-hydrogen) atoms. The van der Waals surface area contributed by atoms with Gasteiger partial charge in [0.2, 0.25) is 0 Å². The van der Waals surface area contributed by atoms with E-state index >= 15 is 0 Å². The van der Waals surface area contributed by atoms with Crippen molar-refractivity contribution < 1.29 is 18.3 Å². The summed E-state index contributed by atoms with van der Waals surface area (Å²) in [6, 6.07) is 0. The van der Waals surface area contributed by atoms with Gasteiger partial charge in [0.15, 0.2) is 0 Å². The van der Waals surface area contributed by atoms with E-state index in [-0.39, 0.29) is 11.7 Å². The van der Waals surface area contributed by atoms with E-state index in [0.717, 1.165) is 6.26 Å². The minimum absolute atomic E-state index is 0.0178. The van der Waals surface area contributed by atoms with Crippen LogP contribution >= 0.6 is 0 Å². The number of sulfone groups is 1. The second-order valence-corrected chi connectivity index (χ2v) is 5.22. The van der Waals surface area contributed by atoms with Crippen LogP contribution < -0.4 is 0 Å². The van der Waals surface area contributed by atoms with Crippen molar-refractivity contribution >= 4 is 15.8 Å². The maximum absolute atomic E-state index is 10.7. The van der Waals surface area contributed by atoms with Gasteiger partial charge in [-0.3, -0.25) is 4.79 Å². The van der Waals surface area contributed by atoms with Crippen LogP contribution in [-0.2, 0) is 14.6 Å². The lowest BCUT2D eigenvalue weighted by Gasteiger charge is -1.93. The molecule has 1 rings (SSSR count). The number of carboxylic acids is 1. The Labute approximate surface area is 65.1 Å². The molecule has 0 aromatic carbocycles. The predicted octanol–water partition coefficient (Wildman–Crippen LogP) is -0.248. The van der Waals surface area contributed by atoms with Gasteiger partial charge in [-0.05, 0) is 12.3 Å². The van der Waals surface area contributed by atoms with E-state index in [2.05, 4.69) is 0 Å². The molecule has 1 saturated carbocycles. The SMILES string of the molecule is CS(=O)(=O)CC1CC1C(=O)O. The van der Waals surface area contributed by atoms with Gasteiger partial charge >= 0.3 is 5.97 Å². The molecule has 4 nitrogen and oxygen atoms in total. The van der Waals surface area contributed by atoms with Crippen molar-refractivity contribution in [3.05, 3.63) is 0 Å². The van der Waals surface area contributed by atoms with E-state index in [0.29, 0.717) is 6.42 Å². The minimum Gasteiger partial charge on any atom is -0.481 e. The van der Waals surface area contributed by atoms with Crippen molar-refractivity contribution in [2.75, 3.05) is 12.0 Å². The van der Waals surface area contributed by atoms with Gasteiger partial charge in [0, 0.05) is 6.26 Å². The number of carboxylic acid groups (broad SMARTS) is 1. The third-order valence-electron chi connectivity index (χ3n) is 1.76. The molecule has 1 fully saturated rings. The van der Waals surface area contributed by atoms with Gasteiger partial charge in [-0.1, -0.05) is 0 Å². The first-order chi connectivity index (χ1) is 4.90. The van der Waals surface area contributed by atoms with E-state index in [9.17, 15) is 13.2 Å². The fourth-order valence-electron chi connectivity index (χ4n) is 1.12. The Morgan fingerprint density at radius 3 is 2.45 bits per heavy atom. The maximum Gasteiger partial charge on any atom is 0.306 e. The highest BCUT2D eigenvalue weighted by molar-refractivity contribution is 7.90. The minimum atomic E-state index is -2.99. The molecule has 2 atom stereocenters. The first-order valence-corrected chi connectivity index (χ1v) is 5.37. The van der Waals surface area contributed by atoms with Gasteiger partial charge in [0.05, 0.1) is 11.7 Å². The number of aliphatic carboxylic acids is 1. The van der Waals surface area contributed by atoms with Gasteiger partial charge < -0.3 is 5.11 Å². The van der Waals surface area contributed by atoms with Crippen LogP contribution in [0.1, 0.15) is 6.42 Å². The molecular weight excluding hydrogens is 168 g/mol. The number of carbonyl (C=O) groups is 1. The lowest BCUT2D eigenvalue weighted by atomic mass is 10.3. The molecule has 64 valence electrons. The van der Waals surface area contributed by atoms with Crippen LogP contribution in [0.15, 0.2) is 0 Å². The molecule has 1 aliphatic rings. The summed E-state index contributed by atoms with van der Waals surface area (Å²) in [5.41, 5.74) is 0. The summed E-state index contributed by atoms with van der Waals surface area (Å²) in [5.74, 6) is -1.41. The van der Waals surface area contributed by atoms with Crippen molar-refractivity contribution in [3.63, 3.8) is 0 Å². The largest absolute Gasteiger partial charge is 0.481 e. The standard InChI is InChI=1S/C6H10O4S/c1-11(9,10)3-4-2-5(4)6(7)8/h4-5H,2-3H2,1H3,(H,7,8). The number of hydrogen-bond donors (Lipinski definition) is 1.